The van der Waals surface area contributed by atoms with E-state index < -0.39 is 6.09 Å². The monoisotopic (exact) mass is 537 g/mol. The SMILES string of the molecule is CC1(C)CC(C(=O)c2ccc(F)cc2)C=c2c1ccc1c2=CCc2cc(OC(=O)NCc3cccs3)ccc2-1. The molecule has 1 N–H and O–H groups in total. The van der Waals surface area contributed by atoms with Crippen molar-refractivity contribution in [3.8, 4) is 16.9 Å². The molecule has 1 atom stereocenters. The van der Waals surface area contributed by atoms with Gasteiger partial charge in [0, 0.05) is 16.4 Å². The van der Waals surface area contributed by atoms with Crippen LogP contribution in [-0.4, -0.2) is 11.9 Å². The van der Waals surface area contributed by atoms with Crippen molar-refractivity contribution in [3.63, 3.8) is 0 Å². The van der Waals surface area contributed by atoms with Gasteiger partial charge in [-0.2, -0.15) is 0 Å². The fourth-order valence-corrected chi connectivity index (χ4v) is 6.41. The first-order valence-corrected chi connectivity index (χ1v) is 13.9. The van der Waals surface area contributed by atoms with Gasteiger partial charge in [-0.1, -0.05) is 50.3 Å². The largest absolute Gasteiger partial charge is 0.412 e. The summed E-state index contributed by atoms with van der Waals surface area (Å²) in [7, 11) is 0. The number of thiophene rings is 1. The molecule has 6 rings (SSSR count). The average Bonchev–Trinajstić information content (AvgIpc) is 3.45. The molecule has 1 heterocycles. The molecule has 39 heavy (non-hydrogen) atoms. The van der Waals surface area contributed by atoms with Crippen LogP contribution in [0, 0.1) is 11.7 Å². The molecular formula is C33H28FNO3S. The number of Topliss-reactive ketones (excluding diaryl/α,β-unsaturated/α-hetero) is 1. The van der Waals surface area contributed by atoms with E-state index in [-0.39, 0.29) is 22.9 Å². The summed E-state index contributed by atoms with van der Waals surface area (Å²) >= 11 is 1.58. The van der Waals surface area contributed by atoms with Crippen LogP contribution in [0.15, 0.2) is 72.1 Å². The van der Waals surface area contributed by atoms with Gasteiger partial charge in [0.2, 0.25) is 0 Å². The highest BCUT2D eigenvalue weighted by atomic mass is 32.1. The molecule has 1 aromatic heterocycles. The number of halogens is 1. The van der Waals surface area contributed by atoms with E-state index in [0.717, 1.165) is 32.0 Å². The Morgan fingerprint density at radius 1 is 1.03 bits per heavy atom. The molecule has 0 fully saturated rings. The number of ketones is 1. The Balaban J connectivity index is 1.30. The van der Waals surface area contributed by atoms with Crippen molar-refractivity contribution in [1.29, 1.82) is 0 Å². The summed E-state index contributed by atoms with van der Waals surface area (Å²) in [6.45, 7) is 4.80. The zero-order chi connectivity index (χ0) is 27.1. The first kappa shape index (κ1) is 25.3. The molecule has 0 bridgehead atoms. The van der Waals surface area contributed by atoms with Crippen LogP contribution >= 0.6 is 11.3 Å². The van der Waals surface area contributed by atoms with E-state index in [1.165, 1.54) is 17.7 Å². The van der Waals surface area contributed by atoms with E-state index in [2.05, 4.69) is 43.4 Å². The Labute approximate surface area is 230 Å². The van der Waals surface area contributed by atoms with Gasteiger partial charge in [0.1, 0.15) is 11.6 Å². The van der Waals surface area contributed by atoms with Crippen LogP contribution < -0.4 is 20.5 Å². The number of carbonyl (C=O) groups excluding carboxylic acids is 2. The maximum absolute atomic E-state index is 13.4. The van der Waals surface area contributed by atoms with E-state index in [1.807, 2.05) is 35.7 Å². The number of nitrogens with one attached hydrogen (secondary N) is 1. The summed E-state index contributed by atoms with van der Waals surface area (Å²) in [4.78, 5) is 26.8. The Bertz CT molecular complexity index is 1710. The Hall–Kier alpha value is -4.03. The minimum atomic E-state index is -0.480. The van der Waals surface area contributed by atoms with Crippen molar-refractivity contribution in [1.82, 2.24) is 5.32 Å². The lowest BCUT2D eigenvalue weighted by Gasteiger charge is -2.34. The van der Waals surface area contributed by atoms with Crippen LogP contribution in [0.2, 0.25) is 0 Å². The third-order valence-corrected chi connectivity index (χ3v) is 8.55. The smallest absolute Gasteiger partial charge is 0.410 e. The van der Waals surface area contributed by atoms with E-state index in [9.17, 15) is 14.0 Å². The Kier molecular flexibility index (Phi) is 6.43. The predicted molar refractivity (Wildman–Crippen MR) is 153 cm³/mol. The molecule has 1 unspecified atom stereocenters. The molecule has 6 heteroatoms. The summed E-state index contributed by atoms with van der Waals surface area (Å²) in [6.07, 6.45) is 5.21. The maximum Gasteiger partial charge on any atom is 0.412 e. The summed E-state index contributed by atoms with van der Waals surface area (Å²) in [6, 6.07) is 19.8. The van der Waals surface area contributed by atoms with Crippen molar-refractivity contribution < 1.29 is 18.7 Å². The van der Waals surface area contributed by atoms with Gasteiger partial charge in [-0.25, -0.2) is 9.18 Å². The number of hydrogen-bond acceptors (Lipinski definition) is 4. The van der Waals surface area contributed by atoms with E-state index in [1.54, 1.807) is 23.5 Å². The Morgan fingerprint density at radius 2 is 1.82 bits per heavy atom. The van der Waals surface area contributed by atoms with E-state index in [0.29, 0.717) is 30.7 Å². The standard InChI is InChI=1S/C33H28FNO3S/c1-33(2)18-22(31(36)20-5-8-23(34)9-6-20)17-29-28-11-7-21-16-24(10-12-26(21)27(28)13-14-30(29)33)38-32(37)35-19-25-4-3-15-39-25/h3-6,8-17,22H,7,18-19H2,1-2H3,(H,35,37). The van der Waals surface area contributed by atoms with Crippen LogP contribution in [0.1, 0.15) is 46.6 Å². The highest BCUT2D eigenvalue weighted by Crippen LogP contribution is 2.35. The third-order valence-electron chi connectivity index (χ3n) is 7.67. The van der Waals surface area contributed by atoms with Crippen molar-refractivity contribution in [2.24, 2.45) is 5.92 Å². The van der Waals surface area contributed by atoms with Gasteiger partial charge in [-0.3, -0.25) is 4.79 Å². The van der Waals surface area contributed by atoms with E-state index >= 15 is 0 Å². The van der Waals surface area contributed by atoms with Crippen molar-refractivity contribution in [3.05, 3.63) is 110 Å². The molecule has 0 saturated carbocycles. The maximum atomic E-state index is 13.4. The number of ether oxygens (including phenoxy) is 1. The first-order valence-electron chi connectivity index (χ1n) is 13.1. The van der Waals surface area contributed by atoms with Crippen LogP contribution in [0.5, 0.6) is 5.75 Å². The van der Waals surface area contributed by atoms with Crippen molar-refractivity contribution in [2.75, 3.05) is 0 Å². The normalized spacial score (nSPS) is 16.5. The second kappa shape index (κ2) is 9.93. The molecule has 0 radical (unpaired) electrons. The fraction of sp³-hybridized carbons (Fsp3) is 0.212. The van der Waals surface area contributed by atoms with Crippen LogP contribution in [-0.2, 0) is 18.4 Å². The van der Waals surface area contributed by atoms with Gasteiger partial charge < -0.3 is 10.1 Å². The molecular weight excluding hydrogens is 509 g/mol. The summed E-state index contributed by atoms with van der Waals surface area (Å²) < 4.78 is 19.0. The highest BCUT2D eigenvalue weighted by Gasteiger charge is 2.34. The van der Waals surface area contributed by atoms with Crippen LogP contribution in [0.3, 0.4) is 0 Å². The molecule has 2 aliphatic carbocycles. The number of fused-ring (bicyclic) bond motifs is 5. The summed E-state index contributed by atoms with van der Waals surface area (Å²) in [5, 5.41) is 6.99. The van der Waals surface area contributed by atoms with Gasteiger partial charge in [0.25, 0.3) is 0 Å². The second-order valence-electron chi connectivity index (χ2n) is 10.8. The van der Waals surface area contributed by atoms with Crippen molar-refractivity contribution >= 4 is 35.4 Å². The summed E-state index contributed by atoms with van der Waals surface area (Å²) in [5.74, 6) is -0.117. The van der Waals surface area contributed by atoms with Gasteiger partial charge in [0.15, 0.2) is 5.78 Å². The number of benzene rings is 3. The first-order chi connectivity index (χ1) is 18.8. The Morgan fingerprint density at radius 3 is 2.59 bits per heavy atom. The molecule has 0 saturated heterocycles. The van der Waals surface area contributed by atoms with Crippen molar-refractivity contribution in [2.45, 2.75) is 38.6 Å². The van der Waals surface area contributed by atoms with Gasteiger partial charge in [-0.05, 0) is 98.8 Å². The topological polar surface area (TPSA) is 55.4 Å². The zero-order valence-corrected chi connectivity index (χ0v) is 22.6. The molecule has 4 nitrogen and oxygen atoms in total. The third kappa shape index (κ3) is 4.92. The minimum Gasteiger partial charge on any atom is -0.410 e. The van der Waals surface area contributed by atoms with Crippen LogP contribution in [0.25, 0.3) is 23.3 Å². The quantitative estimate of drug-likeness (QED) is 0.311. The number of hydrogen-bond donors (Lipinski definition) is 1. The number of amides is 1. The van der Waals surface area contributed by atoms with Crippen LogP contribution in [0.4, 0.5) is 9.18 Å². The molecule has 4 aromatic rings. The average molecular weight is 538 g/mol. The predicted octanol–water partition coefficient (Wildman–Crippen LogP) is 6.14. The van der Waals surface area contributed by atoms with Gasteiger partial charge in [0.05, 0.1) is 6.54 Å². The molecule has 1 amide bonds. The lowest BCUT2D eigenvalue weighted by Crippen LogP contribution is -2.43. The van der Waals surface area contributed by atoms with E-state index in [4.69, 9.17) is 4.74 Å². The zero-order valence-electron chi connectivity index (χ0n) is 21.8. The molecule has 0 spiro atoms. The lowest BCUT2D eigenvalue weighted by atomic mass is 9.69. The number of carbonyl (C=O) groups is 2. The lowest BCUT2D eigenvalue weighted by molar-refractivity contribution is 0.0933. The second-order valence-corrected chi connectivity index (χ2v) is 11.8. The van der Waals surface area contributed by atoms with Gasteiger partial charge >= 0.3 is 6.09 Å². The van der Waals surface area contributed by atoms with Gasteiger partial charge in [-0.15, -0.1) is 11.3 Å². The summed E-state index contributed by atoms with van der Waals surface area (Å²) in [5.41, 5.74) is 4.85. The highest BCUT2D eigenvalue weighted by molar-refractivity contribution is 7.09. The number of rotatable bonds is 5. The fourth-order valence-electron chi connectivity index (χ4n) is 5.77. The molecule has 2 aliphatic rings. The molecule has 196 valence electrons. The molecule has 0 aliphatic heterocycles. The molecule has 3 aromatic carbocycles. The minimum absolute atomic E-state index is 0.0154.